The van der Waals surface area contributed by atoms with Crippen molar-refractivity contribution < 1.29 is 0 Å². The minimum absolute atomic E-state index is 0.387. The van der Waals surface area contributed by atoms with Crippen LogP contribution in [0.2, 0.25) is 0 Å². The van der Waals surface area contributed by atoms with Crippen LogP contribution in [0.15, 0.2) is 6.33 Å². The Kier molecular flexibility index (Phi) is 3.78. The van der Waals surface area contributed by atoms with Crippen LogP contribution in [0.3, 0.4) is 0 Å². The molecule has 3 N–H and O–H groups in total. The van der Waals surface area contributed by atoms with Crippen molar-refractivity contribution in [2.24, 2.45) is 11.7 Å². The normalized spacial score (nSPS) is 28.5. The predicted molar refractivity (Wildman–Crippen MR) is 92.5 cm³/mol. The van der Waals surface area contributed by atoms with E-state index in [1.165, 1.54) is 35.1 Å². The first-order valence-corrected chi connectivity index (χ1v) is 9.29. The number of nitrogens with one attached hydrogen (secondary N) is 1. The summed E-state index contributed by atoms with van der Waals surface area (Å²) in [4.78, 5) is 11.8. The quantitative estimate of drug-likeness (QED) is 0.890. The minimum Gasteiger partial charge on any atom is -0.367 e. The van der Waals surface area contributed by atoms with Crippen molar-refractivity contribution in [3.8, 4) is 0 Å². The Morgan fingerprint density at radius 2 is 2.00 bits per heavy atom. The zero-order chi connectivity index (χ0) is 15.1. The molecule has 0 aromatic carbocycles. The van der Waals surface area contributed by atoms with Crippen LogP contribution >= 0.6 is 11.3 Å². The molecule has 0 radical (unpaired) electrons. The fourth-order valence-electron chi connectivity index (χ4n) is 3.85. The van der Waals surface area contributed by atoms with Crippen molar-refractivity contribution in [3.05, 3.63) is 16.8 Å². The average molecular weight is 316 g/mol. The number of aromatic nitrogens is 2. The van der Waals surface area contributed by atoms with Gasteiger partial charge in [0.25, 0.3) is 0 Å². The van der Waals surface area contributed by atoms with Gasteiger partial charge < -0.3 is 11.1 Å². The molecule has 1 saturated carbocycles. The Morgan fingerprint density at radius 1 is 1.18 bits per heavy atom. The maximum atomic E-state index is 6.02. The zero-order valence-corrected chi connectivity index (χ0v) is 14.0. The van der Waals surface area contributed by atoms with Gasteiger partial charge in [-0.2, -0.15) is 0 Å². The summed E-state index contributed by atoms with van der Waals surface area (Å²) in [5, 5.41) is 4.99. The molecule has 118 valence electrons. The lowest BCUT2D eigenvalue weighted by Crippen LogP contribution is -2.33. The number of nitrogens with two attached hydrogens (primary N) is 1. The summed E-state index contributed by atoms with van der Waals surface area (Å²) in [6, 6.07) is 0.896. The van der Waals surface area contributed by atoms with Gasteiger partial charge in [0.05, 0.1) is 5.39 Å². The second kappa shape index (κ2) is 5.78. The van der Waals surface area contributed by atoms with E-state index < -0.39 is 0 Å². The zero-order valence-electron chi connectivity index (χ0n) is 13.1. The van der Waals surface area contributed by atoms with Crippen molar-refractivity contribution in [2.45, 2.75) is 64.0 Å². The summed E-state index contributed by atoms with van der Waals surface area (Å²) >= 11 is 1.87. The lowest BCUT2D eigenvalue weighted by Gasteiger charge is -2.27. The second-order valence-corrected chi connectivity index (χ2v) is 8.09. The topological polar surface area (TPSA) is 63.8 Å². The Balaban J connectivity index is 1.67. The van der Waals surface area contributed by atoms with Crippen LogP contribution in [0.5, 0.6) is 0 Å². The van der Waals surface area contributed by atoms with E-state index >= 15 is 0 Å². The molecular formula is C17H24N4S. The summed E-state index contributed by atoms with van der Waals surface area (Å²) < 4.78 is 0. The lowest BCUT2D eigenvalue weighted by atomic mass is 9.88. The van der Waals surface area contributed by atoms with Crippen molar-refractivity contribution in [1.82, 2.24) is 9.97 Å². The fraction of sp³-hybridized carbons (Fsp3) is 0.647. The number of anilines is 1. The van der Waals surface area contributed by atoms with Gasteiger partial charge in [-0.05, 0) is 56.4 Å². The van der Waals surface area contributed by atoms with Crippen LogP contribution in [0.1, 0.15) is 49.5 Å². The number of nitrogens with zero attached hydrogens (tertiary/aromatic N) is 2. The Morgan fingerprint density at radius 3 is 2.82 bits per heavy atom. The second-order valence-electron chi connectivity index (χ2n) is 7.01. The highest BCUT2D eigenvalue weighted by molar-refractivity contribution is 7.19. The van der Waals surface area contributed by atoms with Gasteiger partial charge in [0, 0.05) is 17.0 Å². The molecule has 4 rings (SSSR count). The third-order valence-corrected chi connectivity index (χ3v) is 6.40. The molecule has 2 aliphatic carbocycles. The summed E-state index contributed by atoms with van der Waals surface area (Å²) in [5.41, 5.74) is 7.53. The lowest BCUT2D eigenvalue weighted by molar-refractivity contribution is 0.410. The molecule has 0 spiro atoms. The molecule has 0 unspecified atom stereocenters. The highest BCUT2D eigenvalue weighted by Gasteiger charge is 2.25. The van der Waals surface area contributed by atoms with Gasteiger partial charge in [-0.25, -0.2) is 9.97 Å². The summed E-state index contributed by atoms with van der Waals surface area (Å²) in [7, 11) is 0. The van der Waals surface area contributed by atoms with Gasteiger partial charge in [0.2, 0.25) is 0 Å². The largest absolute Gasteiger partial charge is 0.367 e. The first kappa shape index (κ1) is 14.4. The number of rotatable bonds is 2. The SMILES string of the molecule is C[C@@H]1CCc2sc3ncnc(NC4CCC(N)CC4)c3c2C1. The van der Waals surface area contributed by atoms with Crippen LogP contribution < -0.4 is 11.1 Å². The molecule has 0 amide bonds. The molecular weight excluding hydrogens is 292 g/mol. The highest BCUT2D eigenvalue weighted by Crippen LogP contribution is 2.40. The Bertz CT molecular complexity index is 673. The maximum absolute atomic E-state index is 6.02. The van der Waals surface area contributed by atoms with E-state index in [1.807, 2.05) is 11.3 Å². The molecule has 2 aromatic heterocycles. The summed E-state index contributed by atoms with van der Waals surface area (Å²) in [6.07, 6.45) is 9.92. The third kappa shape index (κ3) is 2.61. The first-order valence-electron chi connectivity index (χ1n) is 8.48. The van der Waals surface area contributed by atoms with Gasteiger partial charge in [0.1, 0.15) is 17.0 Å². The molecule has 0 bridgehead atoms. The Hall–Kier alpha value is -1.20. The van der Waals surface area contributed by atoms with E-state index in [-0.39, 0.29) is 0 Å². The molecule has 5 heteroatoms. The molecule has 22 heavy (non-hydrogen) atoms. The monoisotopic (exact) mass is 316 g/mol. The molecule has 2 heterocycles. The average Bonchev–Trinajstić information content (AvgIpc) is 2.88. The van der Waals surface area contributed by atoms with Crippen LogP contribution in [0.4, 0.5) is 5.82 Å². The number of thiophene rings is 1. The molecule has 1 fully saturated rings. The van der Waals surface area contributed by atoms with E-state index in [0.29, 0.717) is 12.1 Å². The number of aryl methyl sites for hydroxylation is 1. The van der Waals surface area contributed by atoms with Crippen molar-refractivity contribution in [3.63, 3.8) is 0 Å². The Labute approximate surface area is 135 Å². The van der Waals surface area contributed by atoms with Gasteiger partial charge in [-0.1, -0.05) is 6.92 Å². The smallest absolute Gasteiger partial charge is 0.138 e. The van der Waals surface area contributed by atoms with Gasteiger partial charge in [0.15, 0.2) is 0 Å². The van der Waals surface area contributed by atoms with E-state index in [4.69, 9.17) is 5.73 Å². The van der Waals surface area contributed by atoms with Crippen molar-refractivity contribution in [1.29, 1.82) is 0 Å². The number of hydrogen-bond donors (Lipinski definition) is 2. The predicted octanol–water partition coefficient (Wildman–Crippen LogP) is 3.50. The van der Waals surface area contributed by atoms with Gasteiger partial charge in [-0.3, -0.25) is 0 Å². The minimum atomic E-state index is 0.387. The van der Waals surface area contributed by atoms with Crippen LogP contribution in [-0.2, 0) is 12.8 Å². The van der Waals surface area contributed by atoms with E-state index in [0.717, 1.165) is 42.2 Å². The maximum Gasteiger partial charge on any atom is 0.138 e. The molecule has 1 atom stereocenters. The summed E-state index contributed by atoms with van der Waals surface area (Å²) in [6.45, 7) is 2.35. The fourth-order valence-corrected chi connectivity index (χ4v) is 5.03. The summed E-state index contributed by atoms with van der Waals surface area (Å²) in [5.74, 6) is 1.82. The first-order chi connectivity index (χ1) is 10.7. The molecule has 2 aromatic rings. The highest BCUT2D eigenvalue weighted by atomic mass is 32.1. The van der Waals surface area contributed by atoms with E-state index in [1.54, 1.807) is 6.33 Å². The molecule has 0 aliphatic heterocycles. The van der Waals surface area contributed by atoms with Crippen molar-refractivity contribution in [2.75, 3.05) is 5.32 Å². The van der Waals surface area contributed by atoms with Crippen molar-refractivity contribution >= 4 is 27.4 Å². The van der Waals surface area contributed by atoms with Gasteiger partial charge in [-0.15, -0.1) is 11.3 Å². The number of hydrogen-bond acceptors (Lipinski definition) is 5. The van der Waals surface area contributed by atoms with Crippen LogP contribution in [0, 0.1) is 5.92 Å². The molecule has 4 nitrogen and oxygen atoms in total. The van der Waals surface area contributed by atoms with Crippen LogP contribution in [0.25, 0.3) is 10.2 Å². The van der Waals surface area contributed by atoms with E-state index in [2.05, 4.69) is 22.2 Å². The van der Waals surface area contributed by atoms with Crippen LogP contribution in [-0.4, -0.2) is 22.1 Å². The number of fused-ring (bicyclic) bond motifs is 3. The molecule has 0 saturated heterocycles. The molecule has 2 aliphatic rings. The van der Waals surface area contributed by atoms with E-state index in [9.17, 15) is 0 Å². The third-order valence-electron chi connectivity index (χ3n) is 5.20. The van der Waals surface area contributed by atoms with Gasteiger partial charge >= 0.3 is 0 Å². The standard InChI is InChI=1S/C17H24N4S/c1-10-2-7-14-13(8-10)15-16(19-9-20-17(15)22-14)21-12-5-3-11(18)4-6-12/h9-12H,2-8,18H2,1H3,(H,19,20,21)/t10-,11?,12?/m1/s1.